The minimum absolute atomic E-state index is 0.444. The van der Waals surface area contributed by atoms with Crippen molar-refractivity contribution in [2.75, 3.05) is 21.3 Å². The zero-order valence-electron chi connectivity index (χ0n) is 12.7. The Morgan fingerprint density at radius 3 is 2.24 bits per heavy atom. The van der Waals surface area contributed by atoms with Crippen LogP contribution in [0.5, 0.6) is 17.2 Å². The summed E-state index contributed by atoms with van der Waals surface area (Å²) in [5.74, 6) is 1.68. The number of hydrogen-bond donors (Lipinski definition) is 1. The summed E-state index contributed by atoms with van der Waals surface area (Å²) in [5.41, 5.74) is 1.60. The van der Waals surface area contributed by atoms with E-state index < -0.39 is 6.10 Å². The number of benzene rings is 1. The number of aliphatic hydroxyl groups is 1. The van der Waals surface area contributed by atoms with Crippen molar-refractivity contribution in [2.45, 2.75) is 12.5 Å². The highest BCUT2D eigenvalue weighted by atomic mass is 16.5. The van der Waals surface area contributed by atoms with Gasteiger partial charge in [0, 0.05) is 31.3 Å². The number of aliphatic hydroxyl groups excluding tert-OH is 1. The molecule has 2 rings (SSSR count). The molecule has 0 aliphatic rings. The summed E-state index contributed by atoms with van der Waals surface area (Å²) in [4.78, 5) is 0. The Balaban J connectivity index is 2.32. The molecule has 0 spiro atoms. The highest BCUT2D eigenvalue weighted by Gasteiger charge is 2.19. The lowest BCUT2D eigenvalue weighted by atomic mass is 10.0. The van der Waals surface area contributed by atoms with Crippen LogP contribution in [0.2, 0.25) is 0 Å². The number of hydrogen-bond acceptors (Lipinski definition) is 5. The number of nitrogens with zero attached hydrogens (tertiary/aromatic N) is 2. The van der Waals surface area contributed by atoms with Crippen molar-refractivity contribution in [3.63, 3.8) is 0 Å². The van der Waals surface area contributed by atoms with Crippen molar-refractivity contribution in [1.29, 1.82) is 0 Å². The number of aryl methyl sites for hydroxylation is 1. The Kier molecular flexibility index (Phi) is 4.70. The van der Waals surface area contributed by atoms with Crippen LogP contribution in [-0.2, 0) is 13.5 Å². The van der Waals surface area contributed by atoms with Crippen molar-refractivity contribution in [3.8, 4) is 17.2 Å². The van der Waals surface area contributed by atoms with Crippen molar-refractivity contribution in [1.82, 2.24) is 9.78 Å². The van der Waals surface area contributed by atoms with E-state index in [-0.39, 0.29) is 0 Å². The fraction of sp³-hybridized carbons (Fsp3) is 0.400. The van der Waals surface area contributed by atoms with Crippen molar-refractivity contribution >= 4 is 0 Å². The Hall–Kier alpha value is -2.21. The first-order chi connectivity index (χ1) is 10.1. The molecule has 0 aliphatic heterocycles. The van der Waals surface area contributed by atoms with Crippen molar-refractivity contribution in [3.05, 3.63) is 35.7 Å². The molecule has 1 aromatic heterocycles. The molecule has 0 amide bonds. The highest BCUT2D eigenvalue weighted by Crippen LogP contribution is 2.38. The molecule has 1 atom stereocenters. The van der Waals surface area contributed by atoms with E-state index in [2.05, 4.69) is 5.10 Å². The first-order valence-corrected chi connectivity index (χ1v) is 6.54. The lowest BCUT2D eigenvalue weighted by Crippen LogP contribution is -2.05. The molecule has 6 heteroatoms. The molecule has 1 unspecified atom stereocenters. The molecule has 0 aliphatic carbocycles. The Labute approximate surface area is 123 Å². The predicted molar refractivity (Wildman–Crippen MR) is 78.0 cm³/mol. The molecule has 114 valence electrons. The lowest BCUT2D eigenvalue weighted by Gasteiger charge is -2.17. The minimum atomic E-state index is -0.719. The molecule has 0 saturated carbocycles. The molecule has 1 N–H and O–H groups in total. The van der Waals surface area contributed by atoms with Gasteiger partial charge in [0.15, 0.2) is 11.5 Å². The second-order valence-corrected chi connectivity index (χ2v) is 4.69. The summed E-state index contributed by atoms with van der Waals surface area (Å²) in [6.45, 7) is 0. The highest BCUT2D eigenvalue weighted by molar-refractivity contribution is 5.51. The van der Waals surface area contributed by atoms with E-state index in [0.29, 0.717) is 29.2 Å². The van der Waals surface area contributed by atoms with E-state index in [9.17, 15) is 5.11 Å². The minimum Gasteiger partial charge on any atom is -0.496 e. The van der Waals surface area contributed by atoms with Crippen LogP contribution in [0.15, 0.2) is 24.5 Å². The van der Waals surface area contributed by atoms with Crippen LogP contribution in [0.1, 0.15) is 17.2 Å². The van der Waals surface area contributed by atoms with E-state index in [1.165, 1.54) is 0 Å². The summed E-state index contributed by atoms with van der Waals surface area (Å²) in [6.07, 6.45) is 3.33. The first-order valence-electron chi connectivity index (χ1n) is 6.54. The summed E-state index contributed by atoms with van der Waals surface area (Å²) in [6, 6.07) is 3.44. The van der Waals surface area contributed by atoms with E-state index in [0.717, 1.165) is 5.56 Å². The van der Waals surface area contributed by atoms with Gasteiger partial charge in [-0.2, -0.15) is 5.10 Å². The molecule has 0 radical (unpaired) electrons. The van der Waals surface area contributed by atoms with Gasteiger partial charge < -0.3 is 19.3 Å². The maximum absolute atomic E-state index is 10.5. The fourth-order valence-electron chi connectivity index (χ4n) is 2.22. The first kappa shape index (κ1) is 15.2. The third-order valence-electron chi connectivity index (χ3n) is 3.28. The van der Waals surface area contributed by atoms with Crippen LogP contribution >= 0.6 is 0 Å². The standard InChI is InChI=1S/C15H20N2O4/c1-17-9-10(8-16-17)5-12(18)11-6-14(20-3)15(21-4)7-13(11)19-2/h6-9,12,18H,5H2,1-4H3. The quantitative estimate of drug-likeness (QED) is 0.878. The van der Waals surface area contributed by atoms with Gasteiger partial charge in [-0.3, -0.25) is 4.68 Å². The summed E-state index contributed by atoms with van der Waals surface area (Å²) in [5, 5.41) is 14.6. The van der Waals surface area contributed by atoms with Crippen LogP contribution in [0, 0.1) is 0 Å². The van der Waals surface area contributed by atoms with Crippen LogP contribution in [0.25, 0.3) is 0 Å². The summed E-state index contributed by atoms with van der Waals surface area (Å²) < 4.78 is 17.5. The molecule has 0 bridgehead atoms. The largest absolute Gasteiger partial charge is 0.496 e. The van der Waals surface area contributed by atoms with E-state index in [4.69, 9.17) is 14.2 Å². The molecule has 2 aromatic rings. The Bertz CT molecular complexity index is 610. The van der Waals surface area contributed by atoms with Crippen molar-refractivity contribution < 1.29 is 19.3 Å². The SMILES string of the molecule is COc1cc(OC)c(C(O)Cc2cnn(C)c2)cc1OC. The van der Waals surface area contributed by atoms with Crippen LogP contribution in [0.4, 0.5) is 0 Å². The zero-order chi connectivity index (χ0) is 15.4. The van der Waals surface area contributed by atoms with E-state index >= 15 is 0 Å². The van der Waals surface area contributed by atoms with Gasteiger partial charge in [0.1, 0.15) is 5.75 Å². The number of aromatic nitrogens is 2. The van der Waals surface area contributed by atoms with Gasteiger partial charge >= 0.3 is 0 Å². The molecule has 0 fully saturated rings. The molecule has 21 heavy (non-hydrogen) atoms. The monoisotopic (exact) mass is 292 g/mol. The number of ether oxygens (including phenoxy) is 3. The second-order valence-electron chi connectivity index (χ2n) is 4.69. The lowest BCUT2D eigenvalue weighted by molar-refractivity contribution is 0.173. The smallest absolute Gasteiger partial charge is 0.164 e. The average Bonchev–Trinajstić information content (AvgIpc) is 2.90. The average molecular weight is 292 g/mol. The van der Waals surface area contributed by atoms with Gasteiger partial charge in [-0.25, -0.2) is 0 Å². The number of methoxy groups -OCH3 is 3. The van der Waals surface area contributed by atoms with Gasteiger partial charge in [-0.05, 0) is 11.6 Å². The maximum Gasteiger partial charge on any atom is 0.164 e. The topological polar surface area (TPSA) is 65.7 Å². The molecular weight excluding hydrogens is 272 g/mol. The molecular formula is C15H20N2O4. The van der Waals surface area contributed by atoms with Gasteiger partial charge in [0.05, 0.1) is 33.6 Å². The van der Waals surface area contributed by atoms with Crippen molar-refractivity contribution in [2.24, 2.45) is 7.05 Å². The summed E-state index contributed by atoms with van der Waals surface area (Å²) in [7, 11) is 6.51. The Morgan fingerprint density at radius 1 is 1.10 bits per heavy atom. The third-order valence-corrected chi connectivity index (χ3v) is 3.28. The maximum atomic E-state index is 10.5. The van der Waals surface area contributed by atoms with Gasteiger partial charge in [-0.1, -0.05) is 0 Å². The van der Waals surface area contributed by atoms with Gasteiger partial charge in [-0.15, -0.1) is 0 Å². The predicted octanol–water partition coefficient (Wildman–Crippen LogP) is 1.72. The van der Waals surface area contributed by atoms with Gasteiger partial charge in [0.25, 0.3) is 0 Å². The molecule has 1 aromatic carbocycles. The van der Waals surface area contributed by atoms with Crippen LogP contribution in [0.3, 0.4) is 0 Å². The number of rotatable bonds is 6. The second kappa shape index (κ2) is 6.49. The summed E-state index contributed by atoms with van der Waals surface area (Å²) >= 11 is 0. The van der Waals surface area contributed by atoms with E-state index in [1.54, 1.807) is 44.3 Å². The Morgan fingerprint density at radius 2 is 1.71 bits per heavy atom. The molecule has 1 heterocycles. The molecule has 6 nitrogen and oxygen atoms in total. The normalized spacial score (nSPS) is 12.0. The zero-order valence-corrected chi connectivity index (χ0v) is 12.7. The third kappa shape index (κ3) is 3.28. The molecule has 0 saturated heterocycles. The fourth-order valence-corrected chi connectivity index (χ4v) is 2.22. The van der Waals surface area contributed by atoms with Gasteiger partial charge in [0.2, 0.25) is 0 Å². The van der Waals surface area contributed by atoms with E-state index in [1.807, 2.05) is 13.2 Å². The van der Waals surface area contributed by atoms with Crippen LogP contribution < -0.4 is 14.2 Å². The van der Waals surface area contributed by atoms with Crippen LogP contribution in [-0.4, -0.2) is 36.2 Å².